The second-order valence-electron chi connectivity index (χ2n) is 6.41. The minimum atomic E-state index is -1.41. The van der Waals surface area contributed by atoms with Crippen LogP contribution in [0, 0.1) is 0 Å². The molecule has 13 nitrogen and oxygen atoms in total. The van der Waals surface area contributed by atoms with Crippen molar-refractivity contribution in [2.24, 2.45) is 0 Å². The second-order valence-corrected chi connectivity index (χ2v) is 6.41. The fraction of sp³-hybridized carbons (Fsp3) is 0.647. The summed E-state index contributed by atoms with van der Waals surface area (Å²) in [6, 6.07) is -1.25. The Bertz CT molecular complexity index is 708. The van der Waals surface area contributed by atoms with E-state index in [9.17, 15) is 28.8 Å². The van der Waals surface area contributed by atoms with Crippen molar-refractivity contribution in [3.8, 4) is 0 Å². The van der Waals surface area contributed by atoms with Crippen LogP contribution in [-0.2, 0) is 47.7 Å². The Labute approximate surface area is 171 Å². The van der Waals surface area contributed by atoms with Gasteiger partial charge in [-0.25, -0.2) is 0 Å². The molecule has 0 bridgehead atoms. The van der Waals surface area contributed by atoms with Gasteiger partial charge in [0.1, 0.15) is 25.2 Å². The lowest BCUT2D eigenvalue weighted by atomic mass is 9.95. The van der Waals surface area contributed by atoms with E-state index in [0.717, 1.165) is 27.7 Å². The summed E-state index contributed by atoms with van der Waals surface area (Å²) in [7, 11) is 0. The first-order valence-corrected chi connectivity index (χ1v) is 8.82. The molecule has 2 amide bonds. The molecule has 13 heteroatoms. The Morgan fingerprint density at radius 2 is 1.43 bits per heavy atom. The molecule has 1 aliphatic heterocycles. The number of hydrogen-bond acceptors (Lipinski definition) is 10. The van der Waals surface area contributed by atoms with E-state index < -0.39 is 79.3 Å². The number of esters is 3. The van der Waals surface area contributed by atoms with Crippen molar-refractivity contribution < 1.29 is 52.8 Å². The zero-order valence-electron chi connectivity index (χ0n) is 16.8. The smallest absolute Gasteiger partial charge is 0.312 e. The molecule has 0 saturated carbocycles. The summed E-state index contributed by atoms with van der Waals surface area (Å²) in [4.78, 5) is 68.9. The summed E-state index contributed by atoms with van der Waals surface area (Å²) in [5, 5.41) is 13.5. The number of amides is 2. The number of carboxylic acids is 1. The van der Waals surface area contributed by atoms with E-state index in [2.05, 4.69) is 10.6 Å². The maximum Gasteiger partial charge on any atom is 0.312 e. The molecule has 0 aromatic rings. The summed E-state index contributed by atoms with van der Waals surface area (Å²) in [6.07, 6.45) is -6.15. The molecule has 0 unspecified atom stereocenters. The summed E-state index contributed by atoms with van der Waals surface area (Å²) in [5.41, 5.74) is 0. The van der Waals surface area contributed by atoms with Crippen LogP contribution in [0.25, 0.3) is 0 Å². The number of nitrogens with one attached hydrogen (secondary N) is 2. The van der Waals surface area contributed by atoms with E-state index in [1.807, 2.05) is 0 Å². The third kappa shape index (κ3) is 8.03. The highest BCUT2D eigenvalue weighted by Gasteiger charge is 2.51. The van der Waals surface area contributed by atoms with E-state index in [1.54, 1.807) is 0 Å². The number of hydrogen-bond donors (Lipinski definition) is 3. The predicted octanol–water partition coefficient (Wildman–Crippen LogP) is -1.77. The van der Waals surface area contributed by atoms with Gasteiger partial charge in [0.25, 0.3) is 0 Å². The van der Waals surface area contributed by atoms with Crippen molar-refractivity contribution >= 4 is 35.7 Å². The number of carbonyl (C=O) groups excluding carboxylic acids is 5. The Morgan fingerprint density at radius 3 is 1.90 bits per heavy atom. The minimum absolute atomic E-state index is 0.441. The molecule has 1 aliphatic rings. The SMILES string of the molecule is CC(=O)N[C@@H]1[C@@H](OC(C)=O)[C@H](OC(C)=O)[C@@H](COC(C)=O)O[C@H]1NC(=O)CC(=O)O. The first kappa shape index (κ1) is 24.8. The van der Waals surface area contributed by atoms with Gasteiger partial charge in [0.15, 0.2) is 18.4 Å². The van der Waals surface area contributed by atoms with Gasteiger partial charge in [0.05, 0.1) is 0 Å². The molecule has 30 heavy (non-hydrogen) atoms. The Morgan fingerprint density at radius 1 is 0.867 bits per heavy atom. The van der Waals surface area contributed by atoms with Gasteiger partial charge in [-0.1, -0.05) is 0 Å². The maximum atomic E-state index is 12.0. The van der Waals surface area contributed by atoms with Crippen LogP contribution in [0.15, 0.2) is 0 Å². The van der Waals surface area contributed by atoms with Crippen LogP contribution in [0.5, 0.6) is 0 Å². The molecule has 1 saturated heterocycles. The van der Waals surface area contributed by atoms with Crippen molar-refractivity contribution in [2.75, 3.05) is 6.61 Å². The molecule has 0 aromatic heterocycles. The van der Waals surface area contributed by atoms with Gasteiger partial charge in [-0.15, -0.1) is 0 Å². The van der Waals surface area contributed by atoms with Crippen molar-refractivity contribution in [3.05, 3.63) is 0 Å². The monoisotopic (exact) mass is 432 g/mol. The molecule has 5 atom stereocenters. The predicted molar refractivity (Wildman–Crippen MR) is 94.4 cm³/mol. The van der Waals surface area contributed by atoms with Gasteiger partial charge >= 0.3 is 23.9 Å². The van der Waals surface area contributed by atoms with Gasteiger partial charge in [-0.2, -0.15) is 0 Å². The molecule has 1 heterocycles. The van der Waals surface area contributed by atoms with Gasteiger partial charge in [0, 0.05) is 27.7 Å². The Hall–Kier alpha value is -3.22. The molecule has 0 spiro atoms. The summed E-state index contributed by atoms with van der Waals surface area (Å²) < 4.78 is 21.0. The molecular formula is C17H24N2O11. The normalized spacial score (nSPS) is 25.4. The molecule has 168 valence electrons. The number of carboxylic acid groups (broad SMARTS) is 1. The van der Waals surface area contributed by atoms with Crippen molar-refractivity contribution in [1.82, 2.24) is 10.6 Å². The van der Waals surface area contributed by atoms with Crippen molar-refractivity contribution in [1.29, 1.82) is 0 Å². The molecule has 0 aliphatic carbocycles. The van der Waals surface area contributed by atoms with E-state index in [1.165, 1.54) is 0 Å². The summed E-state index contributed by atoms with van der Waals surface area (Å²) >= 11 is 0. The maximum absolute atomic E-state index is 12.0. The first-order chi connectivity index (χ1) is 13.9. The third-order valence-electron chi connectivity index (χ3n) is 3.73. The van der Waals surface area contributed by atoms with Gasteiger partial charge in [-0.3, -0.25) is 28.8 Å². The Kier molecular flexibility index (Phi) is 9.17. The fourth-order valence-corrected chi connectivity index (χ4v) is 2.80. The number of aliphatic carboxylic acids is 1. The van der Waals surface area contributed by atoms with Crippen LogP contribution < -0.4 is 10.6 Å². The fourth-order valence-electron chi connectivity index (χ4n) is 2.80. The molecule has 0 aromatic carbocycles. The first-order valence-electron chi connectivity index (χ1n) is 8.82. The standard InChI is InChI=1S/C17H24N2O11/c1-7(20)18-14-16(29-10(4)23)15(28-9(3)22)11(6-27-8(2)21)30-17(14)19-12(24)5-13(25)26/h11,14-17H,5-6H2,1-4H3,(H,18,20)(H,19,24)(H,25,26)/t11-,14-,15-,16-,17-/m1/s1. The lowest BCUT2D eigenvalue weighted by Gasteiger charge is -2.45. The Balaban J connectivity index is 3.32. The van der Waals surface area contributed by atoms with E-state index in [0.29, 0.717) is 0 Å². The lowest BCUT2D eigenvalue weighted by Crippen LogP contribution is -2.69. The molecule has 1 fully saturated rings. The van der Waals surface area contributed by atoms with Crippen LogP contribution in [0.3, 0.4) is 0 Å². The van der Waals surface area contributed by atoms with E-state index in [-0.39, 0.29) is 0 Å². The zero-order valence-corrected chi connectivity index (χ0v) is 16.8. The lowest BCUT2D eigenvalue weighted by molar-refractivity contribution is -0.228. The minimum Gasteiger partial charge on any atom is -0.481 e. The topological polar surface area (TPSA) is 184 Å². The number of rotatable bonds is 8. The highest BCUT2D eigenvalue weighted by Crippen LogP contribution is 2.26. The molecule has 0 radical (unpaired) electrons. The number of ether oxygens (including phenoxy) is 4. The average Bonchev–Trinajstić information content (AvgIpc) is 2.56. The molecular weight excluding hydrogens is 408 g/mol. The molecule has 1 rings (SSSR count). The van der Waals surface area contributed by atoms with E-state index >= 15 is 0 Å². The van der Waals surface area contributed by atoms with Gasteiger partial charge in [0.2, 0.25) is 11.8 Å². The second kappa shape index (κ2) is 11.1. The summed E-state index contributed by atoms with van der Waals surface area (Å²) in [6.45, 7) is 3.99. The van der Waals surface area contributed by atoms with Gasteiger partial charge in [-0.05, 0) is 0 Å². The quantitative estimate of drug-likeness (QED) is 0.224. The van der Waals surface area contributed by atoms with Crippen LogP contribution in [0.1, 0.15) is 34.1 Å². The highest BCUT2D eigenvalue weighted by molar-refractivity contribution is 5.93. The number of carbonyl (C=O) groups is 6. The van der Waals surface area contributed by atoms with Crippen LogP contribution in [0.2, 0.25) is 0 Å². The highest BCUT2D eigenvalue weighted by atomic mass is 16.6. The average molecular weight is 432 g/mol. The van der Waals surface area contributed by atoms with Crippen LogP contribution >= 0.6 is 0 Å². The van der Waals surface area contributed by atoms with Gasteiger partial charge < -0.3 is 34.7 Å². The van der Waals surface area contributed by atoms with Crippen LogP contribution in [0.4, 0.5) is 0 Å². The largest absolute Gasteiger partial charge is 0.481 e. The van der Waals surface area contributed by atoms with Crippen molar-refractivity contribution in [2.45, 2.75) is 64.7 Å². The third-order valence-corrected chi connectivity index (χ3v) is 3.73. The molecule has 3 N–H and O–H groups in total. The summed E-state index contributed by atoms with van der Waals surface area (Å²) in [5.74, 6) is -5.22. The zero-order chi connectivity index (χ0) is 23.0. The van der Waals surface area contributed by atoms with Crippen molar-refractivity contribution in [3.63, 3.8) is 0 Å². The van der Waals surface area contributed by atoms with Crippen LogP contribution in [-0.4, -0.2) is 78.0 Å². The van der Waals surface area contributed by atoms with E-state index in [4.69, 9.17) is 24.1 Å².